The molecule has 2 rings (SSSR count). The summed E-state index contributed by atoms with van der Waals surface area (Å²) in [6.45, 7) is 2.46. The molecular formula is C15H20N2O3S. The molecule has 0 bridgehead atoms. The van der Waals surface area contributed by atoms with Crippen molar-refractivity contribution in [2.75, 3.05) is 11.9 Å². The summed E-state index contributed by atoms with van der Waals surface area (Å²) in [5.41, 5.74) is 7.31. The molecule has 1 aliphatic rings. The van der Waals surface area contributed by atoms with Gasteiger partial charge in [0.25, 0.3) is 10.1 Å². The maximum absolute atomic E-state index is 11.3. The Morgan fingerprint density at radius 3 is 2.67 bits per heavy atom. The predicted octanol–water partition coefficient (Wildman–Crippen LogP) is 2.34. The van der Waals surface area contributed by atoms with Crippen LogP contribution < -0.4 is 11.1 Å². The molecule has 114 valence electrons. The van der Waals surface area contributed by atoms with Gasteiger partial charge in [-0.2, -0.15) is 8.42 Å². The normalized spacial score (nSPS) is 22.0. The lowest BCUT2D eigenvalue weighted by atomic mass is 9.89. The number of benzene rings is 1. The van der Waals surface area contributed by atoms with Gasteiger partial charge in [0.1, 0.15) is 4.90 Å². The van der Waals surface area contributed by atoms with E-state index in [1.165, 1.54) is 11.6 Å². The molecule has 0 saturated heterocycles. The Balaban J connectivity index is 2.12. The second-order valence-corrected chi connectivity index (χ2v) is 6.62. The monoisotopic (exact) mass is 308 g/mol. The number of nitrogens with one attached hydrogen (secondary N) is 1. The zero-order valence-corrected chi connectivity index (χ0v) is 12.7. The van der Waals surface area contributed by atoms with Gasteiger partial charge in [-0.05, 0) is 25.0 Å². The molecule has 6 heteroatoms. The lowest BCUT2D eigenvalue weighted by Crippen LogP contribution is -2.45. The molecule has 21 heavy (non-hydrogen) atoms. The van der Waals surface area contributed by atoms with Crippen LogP contribution >= 0.6 is 0 Å². The topological polar surface area (TPSA) is 92.4 Å². The van der Waals surface area contributed by atoms with E-state index in [0.29, 0.717) is 18.7 Å². The lowest BCUT2D eigenvalue weighted by Gasteiger charge is -2.29. The Kier molecular flexibility index (Phi) is 4.51. The summed E-state index contributed by atoms with van der Waals surface area (Å²) in [6.07, 6.45) is 7.68. The number of anilines is 1. The van der Waals surface area contributed by atoms with E-state index in [1.807, 2.05) is 12.2 Å². The average Bonchev–Trinajstić information content (AvgIpc) is 2.45. The Morgan fingerprint density at radius 2 is 2.10 bits per heavy atom. The van der Waals surface area contributed by atoms with Gasteiger partial charge < -0.3 is 11.1 Å². The maximum Gasteiger partial charge on any atom is 0.296 e. The first kappa shape index (κ1) is 15.8. The summed E-state index contributed by atoms with van der Waals surface area (Å²) in [7, 11) is -4.25. The van der Waals surface area contributed by atoms with Gasteiger partial charge in [0.2, 0.25) is 0 Å². The second kappa shape index (κ2) is 6.01. The fourth-order valence-corrected chi connectivity index (χ4v) is 2.89. The van der Waals surface area contributed by atoms with Gasteiger partial charge in [-0.15, -0.1) is 0 Å². The van der Waals surface area contributed by atoms with Crippen molar-refractivity contribution < 1.29 is 13.0 Å². The van der Waals surface area contributed by atoms with Crippen molar-refractivity contribution >= 4 is 15.8 Å². The van der Waals surface area contributed by atoms with Crippen molar-refractivity contribution in [1.82, 2.24) is 0 Å². The molecule has 0 aromatic heterocycles. The zero-order valence-electron chi connectivity index (χ0n) is 11.9. The Labute approximate surface area is 125 Å². The third-order valence-electron chi connectivity index (χ3n) is 3.55. The summed E-state index contributed by atoms with van der Waals surface area (Å²) in [5.74, 6) is 0. The van der Waals surface area contributed by atoms with Crippen LogP contribution in [0.1, 0.15) is 19.8 Å². The van der Waals surface area contributed by atoms with E-state index >= 15 is 0 Å². The van der Waals surface area contributed by atoms with Gasteiger partial charge in [-0.3, -0.25) is 4.55 Å². The molecule has 5 nitrogen and oxygen atoms in total. The van der Waals surface area contributed by atoms with Crippen LogP contribution in [0.5, 0.6) is 0 Å². The quantitative estimate of drug-likeness (QED) is 0.726. The molecule has 0 aliphatic heterocycles. The van der Waals surface area contributed by atoms with E-state index < -0.39 is 15.7 Å². The number of nitrogens with two attached hydrogens (primary N) is 1. The number of hydrogen-bond acceptors (Lipinski definition) is 4. The third kappa shape index (κ3) is 3.93. The van der Waals surface area contributed by atoms with Crippen LogP contribution in [0.2, 0.25) is 0 Å². The SMILES string of the molecule is CCC1=CCC(N)(CNc2ccccc2S(=O)(=O)O)C=C1. The summed E-state index contributed by atoms with van der Waals surface area (Å²) < 4.78 is 31.9. The van der Waals surface area contributed by atoms with Gasteiger partial charge in [0.15, 0.2) is 0 Å². The van der Waals surface area contributed by atoms with Crippen molar-refractivity contribution in [3.8, 4) is 0 Å². The van der Waals surface area contributed by atoms with Crippen molar-refractivity contribution in [3.63, 3.8) is 0 Å². The number of para-hydroxylation sites is 1. The minimum absolute atomic E-state index is 0.141. The molecule has 0 saturated carbocycles. The Hall–Kier alpha value is -1.63. The van der Waals surface area contributed by atoms with Gasteiger partial charge in [-0.25, -0.2) is 0 Å². The largest absolute Gasteiger partial charge is 0.382 e. The van der Waals surface area contributed by atoms with Crippen LogP contribution in [-0.4, -0.2) is 25.1 Å². The first-order chi connectivity index (χ1) is 9.84. The maximum atomic E-state index is 11.3. The van der Waals surface area contributed by atoms with Crippen LogP contribution in [0.3, 0.4) is 0 Å². The van der Waals surface area contributed by atoms with Crippen LogP contribution in [0.4, 0.5) is 5.69 Å². The molecule has 1 aromatic rings. The highest BCUT2D eigenvalue weighted by Gasteiger charge is 2.24. The lowest BCUT2D eigenvalue weighted by molar-refractivity contribution is 0.483. The average molecular weight is 308 g/mol. The van der Waals surface area contributed by atoms with E-state index in [2.05, 4.69) is 18.3 Å². The standard InChI is InChI=1S/C15H20N2O3S/c1-2-12-7-9-15(16,10-8-12)11-17-13-5-3-4-6-14(13)21(18,19)20/h3-9,17H,2,10-11,16H2,1H3,(H,18,19,20). The fraction of sp³-hybridized carbons (Fsp3) is 0.333. The van der Waals surface area contributed by atoms with Gasteiger partial charge in [0.05, 0.1) is 11.2 Å². The second-order valence-electron chi connectivity index (χ2n) is 5.23. The van der Waals surface area contributed by atoms with Crippen LogP contribution in [0, 0.1) is 0 Å². The highest BCUT2D eigenvalue weighted by atomic mass is 32.2. The molecule has 0 amide bonds. The summed E-state index contributed by atoms with van der Waals surface area (Å²) in [5, 5.41) is 3.02. The number of hydrogen-bond donors (Lipinski definition) is 3. The molecule has 1 aliphatic carbocycles. The van der Waals surface area contributed by atoms with E-state index in [9.17, 15) is 13.0 Å². The fourth-order valence-electron chi connectivity index (χ4n) is 2.22. The molecule has 0 fully saturated rings. The first-order valence-electron chi connectivity index (χ1n) is 6.81. The number of allylic oxidation sites excluding steroid dienone is 2. The number of rotatable bonds is 5. The molecule has 0 spiro atoms. The molecule has 0 heterocycles. The van der Waals surface area contributed by atoms with Gasteiger partial charge in [0, 0.05) is 6.54 Å². The molecular weight excluding hydrogens is 288 g/mol. The van der Waals surface area contributed by atoms with E-state index in [4.69, 9.17) is 5.73 Å². The highest BCUT2D eigenvalue weighted by Crippen LogP contribution is 2.24. The minimum atomic E-state index is -4.25. The Morgan fingerprint density at radius 1 is 1.38 bits per heavy atom. The predicted molar refractivity (Wildman–Crippen MR) is 83.8 cm³/mol. The zero-order chi connectivity index (χ0) is 15.5. The molecule has 1 unspecified atom stereocenters. The van der Waals surface area contributed by atoms with Crippen LogP contribution in [0.15, 0.2) is 53.0 Å². The van der Waals surface area contributed by atoms with E-state index in [0.717, 1.165) is 6.42 Å². The van der Waals surface area contributed by atoms with Crippen molar-refractivity contribution in [1.29, 1.82) is 0 Å². The molecule has 1 aromatic carbocycles. The first-order valence-corrected chi connectivity index (χ1v) is 8.26. The van der Waals surface area contributed by atoms with Crippen molar-refractivity contribution in [2.45, 2.75) is 30.2 Å². The van der Waals surface area contributed by atoms with Gasteiger partial charge in [-0.1, -0.05) is 42.9 Å². The summed E-state index contributed by atoms with van der Waals surface area (Å²) >= 11 is 0. The van der Waals surface area contributed by atoms with Crippen LogP contribution in [0.25, 0.3) is 0 Å². The van der Waals surface area contributed by atoms with Crippen LogP contribution in [-0.2, 0) is 10.1 Å². The molecule has 0 radical (unpaired) electrons. The minimum Gasteiger partial charge on any atom is -0.382 e. The summed E-state index contributed by atoms with van der Waals surface area (Å²) in [4.78, 5) is -0.141. The Bertz CT molecular complexity index is 680. The summed E-state index contributed by atoms with van der Waals surface area (Å²) in [6, 6.07) is 6.22. The van der Waals surface area contributed by atoms with Crippen molar-refractivity contribution in [3.05, 3.63) is 48.1 Å². The van der Waals surface area contributed by atoms with E-state index in [1.54, 1.807) is 18.2 Å². The third-order valence-corrected chi connectivity index (χ3v) is 4.47. The van der Waals surface area contributed by atoms with E-state index in [-0.39, 0.29) is 4.90 Å². The highest BCUT2D eigenvalue weighted by molar-refractivity contribution is 7.86. The smallest absolute Gasteiger partial charge is 0.296 e. The van der Waals surface area contributed by atoms with Crippen molar-refractivity contribution in [2.24, 2.45) is 5.73 Å². The molecule has 4 N–H and O–H groups in total. The molecule has 1 atom stereocenters. The van der Waals surface area contributed by atoms with Gasteiger partial charge >= 0.3 is 0 Å².